The third-order valence-electron chi connectivity index (χ3n) is 2.45. The maximum Gasteiger partial charge on any atom is 0.00728 e. The summed E-state index contributed by atoms with van der Waals surface area (Å²) < 4.78 is 0. The third kappa shape index (κ3) is 2.16. The first-order chi connectivity index (χ1) is 5.97. The summed E-state index contributed by atoms with van der Waals surface area (Å²) in [4.78, 5) is 1.05. The molecule has 0 aliphatic heterocycles. The Hall–Kier alpha value is -0.690. The standard InChI is InChI=1S/C12H16S/c1-5-12(3,4)10-6-7-11(13)9(2)8-10/h5-8,13H,1H2,2-4H3. The average Bonchev–Trinajstić information content (AvgIpc) is 2.09. The van der Waals surface area contributed by atoms with E-state index in [1.54, 1.807) is 0 Å². The molecule has 0 spiro atoms. The number of hydrogen-bond acceptors (Lipinski definition) is 1. The second-order valence-corrected chi connectivity index (χ2v) is 4.41. The molecule has 13 heavy (non-hydrogen) atoms. The van der Waals surface area contributed by atoms with Gasteiger partial charge < -0.3 is 0 Å². The summed E-state index contributed by atoms with van der Waals surface area (Å²) in [5, 5.41) is 0. The molecule has 0 N–H and O–H groups in total. The predicted molar refractivity (Wildman–Crippen MR) is 61.7 cm³/mol. The van der Waals surface area contributed by atoms with E-state index in [2.05, 4.69) is 52.1 Å². The molecule has 0 saturated carbocycles. The molecule has 0 saturated heterocycles. The molecule has 0 aliphatic carbocycles. The van der Waals surface area contributed by atoms with E-state index in [0.717, 1.165) is 4.90 Å². The van der Waals surface area contributed by atoms with Crippen molar-refractivity contribution in [1.82, 2.24) is 0 Å². The van der Waals surface area contributed by atoms with Gasteiger partial charge in [-0.3, -0.25) is 0 Å². The SMILES string of the molecule is C=CC(C)(C)c1ccc(S)c(C)c1. The van der Waals surface area contributed by atoms with Gasteiger partial charge >= 0.3 is 0 Å². The molecule has 0 unspecified atom stereocenters. The van der Waals surface area contributed by atoms with Crippen molar-refractivity contribution in [3.05, 3.63) is 42.0 Å². The lowest BCUT2D eigenvalue weighted by atomic mass is 9.84. The Balaban J connectivity index is 3.18. The fourth-order valence-corrected chi connectivity index (χ4v) is 1.31. The fraction of sp³-hybridized carbons (Fsp3) is 0.333. The maximum absolute atomic E-state index is 4.34. The van der Waals surface area contributed by atoms with Gasteiger partial charge in [0.05, 0.1) is 0 Å². The molecular weight excluding hydrogens is 176 g/mol. The summed E-state index contributed by atoms with van der Waals surface area (Å²) in [5.74, 6) is 0. The van der Waals surface area contributed by atoms with Crippen LogP contribution >= 0.6 is 12.6 Å². The zero-order valence-electron chi connectivity index (χ0n) is 8.46. The normalized spacial score (nSPS) is 11.4. The monoisotopic (exact) mass is 192 g/mol. The van der Waals surface area contributed by atoms with Crippen molar-refractivity contribution >= 4 is 12.6 Å². The van der Waals surface area contributed by atoms with Crippen molar-refractivity contribution in [3.8, 4) is 0 Å². The van der Waals surface area contributed by atoms with Crippen LogP contribution in [-0.4, -0.2) is 0 Å². The average molecular weight is 192 g/mol. The van der Waals surface area contributed by atoms with Gasteiger partial charge in [-0.25, -0.2) is 0 Å². The topological polar surface area (TPSA) is 0 Å². The van der Waals surface area contributed by atoms with Gasteiger partial charge in [0.15, 0.2) is 0 Å². The van der Waals surface area contributed by atoms with E-state index in [0.29, 0.717) is 0 Å². The first-order valence-electron chi connectivity index (χ1n) is 4.41. The van der Waals surface area contributed by atoms with Gasteiger partial charge in [0.1, 0.15) is 0 Å². The van der Waals surface area contributed by atoms with Gasteiger partial charge in [0.2, 0.25) is 0 Å². The van der Waals surface area contributed by atoms with Crippen LogP contribution in [0.4, 0.5) is 0 Å². The van der Waals surface area contributed by atoms with Crippen molar-refractivity contribution in [3.63, 3.8) is 0 Å². The third-order valence-corrected chi connectivity index (χ3v) is 2.95. The predicted octanol–water partition coefficient (Wildman–Crippen LogP) is 3.75. The minimum Gasteiger partial charge on any atom is -0.143 e. The number of benzene rings is 1. The van der Waals surface area contributed by atoms with Crippen LogP contribution in [0, 0.1) is 6.92 Å². The zero-order valence-corrected chi connectivity index (χ0v) is 9.36. The zero-order chi connectivity index (χ0) is 10.1. The quantitative estimate of drug-likeness (QED) is 0.535. The summed E-state index contributed by atoms with van der Waals surface area (Å²) in [7, 11) is 0. The molecule has 0 heterocycles. The van der Waals surface area contributed by atoms with E-state index in [1.165, 1.54) is 11.1 Å². The number of allylic oxidation sites excluding steroid dienone is 1. The van der Waals surface area contributed by atoms with Crippen molar-refractivity contribution < 1.29 is 0 Å². The van der Waals surface area contributed by atoms with Crippen LogP contribution in [0.3, 0.4) is 0 Å². The smallest absolute Gasteiger partial charge is 0.00728 e. The highest BCUT2D eigenvalue weighted by molar-refractivity contribution is 7.80. The number of rotatable bonds is 2. The summed E-state index contributed by atoms with van der Waals surface area (Å²) >= 11 is 4.34. The minimum atomic E-state index is 0.0479. The minimum absolute atomic E-state index is 0.0479. The second kappa shape index (κ2) is 3.59. The molecule has 0 fully saturated rings. The van der Waals surface area contributed by atoms with Gasteiger partial charge in [-0.05, 0) is 24.1 Å². The largest absolute Gasteiger partial charge is 0.143 e. The van der Waals surface area contributed by atoms with E-state index >= 15 is 0 Å². The van der Waals surface area contributed by atoms with Gasteiger partial charge in [-0.15, -0.1) is 19.2 Å². The molecule has 1 aromatic rings. The molecule has 0 aliphatic rings. The first kappa shape index (κ1) is 10.4. The summed E-state index contributed by atoms with van der Waals surface area (Å²) in [5.41, 5.74) is 2.56. The molecule has 70 valence electrons. The highest BCUT2D eigenvalue weighted by Crippen LogP contribution is 2.26. The lowest BCUT2D eigenvalue weighted by molar-refractivity contribution is 0.670. The Bertz CT molecular complexity index is 324. The summed E-state index contributed by atoms with van der Waals surface area (Å²) in [6.07, 6.45) is 1.97. The molecule has 0 aromatic heterocycles. The summed E-state index contributed by atoms with van der Waals surface area (Å²) in [6.45, 7) is 10.2. The van der Waals surface area contributed by atoms with Crippen molar-refractivity contribution in [2.24, 2.45) is 0 Å². The molecule has 0 nitrogen and oxygen atoms in total. The Morgan fingerprint density at radius 1 is 1.38 bits per heavy atom. The fourth-order valence-electron chi connectivity index (χ4n) is 1.17. The van der Waals surface area contributed by atoms with Crippen LogP contribution in [0.25, 0.3) is 0 Å². The Labute approximate surface area is 86.1 Å². The van der Waals surface area contributed by atoms with E-state index in [-0.39, 0.29) is 5.41 Å². The van der Waals surface area contributed by atoms with E-state index < -0.39 is 0 Å². The van der Waals surface area contributed by atoms with Crippen molar-refractivity contribution in [1.29, 1.82) is 0 Å². The number of aryl methyl sites for hydroxylation is 1. The first-order valence-corrected chi connectivity index (χ1v) is 4.86. The number of thiol groups is 1. The molecule has 1 aromatic carbocycles. The highest BCUT2D eigenvalue weighted by atomic mass is 32.1. The van der Waals surface area contributed by atoms with Crippen molar-refractivity contribution in [2.75, 3.05) is 0 Å². The van der Waals surface area contributed by atoms with Crippen LogP contribution in [0.5, 0.6) is 0 Å². The lowest BCUT2D eigenvalue weighted by Gasteiger charge is -2.21. The van der Waals surface area contributed by atoms with Crippen LogP contribution in [0.2, 0.25) is 0 Å². The van der Waals surface area contributed by atoms with Gasteiger partial charge in [-0.1, -0.05) is 32.1 Å². The maximum atomic E-state index is 4.34. The second-order valence-electron chi connectivity index (χ2n) is 3.93. The van der Waals surface area contributed by atoms with Crippen LogP contribution in [0.1, 0.15) is 25.0 Å². The Morgan fingerprint density at radius 3 is 2.46 bits per heavy atom. The highest BCUT2D eigenvalue weighted by Gasteiger charge is 2.15. The van der Waals surface area contributed by atoms with Gasteiger partial charge in [0, 0.05) is 10.3 Å². The van der Waals surface area contributed by atoms with Gasteiger partial charge in [-0.2, -0.15) is 0 Å². The summed E-state index contributed by atoms with van der Waals surface area (Å²) in [6, 6.07) is 6.32. The van der Waals surface area contributed by atoms with Crippen LogP contribution < -0.4 is 0 Å². The van der Waals surface area contributed by atoms with Gasteiger partial charge in [0.25, 0.3) is 0 Å². The molecular formula is C12H16S. The van der Waals surface area contributed by atoms with Crippen molar-refractivity contribution in [2.45, 2.75) is 31.1 Å². The molecule has 0 amide bonds. The Kier molecular flexibility index (Phi) is 2.87. The molecule has 0 radical (unpaired) electrons. The molecule has 1 rings (SSSR count). The Morgan fingerprint density at radius 2 is 2.00 bits per heavy atom. The van der Waals surface area contributed by atoms with E-state index in [1.807, 2.05) is 12.1 Å². The lowest BCUT2D eigenvalue weighted by Crippen LogP contribution is -2.12. The van der Waals surface area contributed by atoms with Crippen LogP contribution in [-0.2, 0) is 5.41 Å². The molecule has 0 atom stereocenters. The number of hydrogen-bond donors (Lipinski definition) is 1. The van der Waals surface area contributed by atoms with E-state index in [4.69, 9.17) is 0 Å². The van der Waals surface area contributed by atoms with E-state index in [9.17, 15) is 0 Å². The molecule has 0 bridgehead atoms. The van der Waals surface area contributed by atoms with Crippen LogP contribution in [0.15, 0.2) is 35.7 Å². The molecule has 1 heteroatoms.